The monoisotopic (exact) mass is 449 g/mol. The Balaban J connectivity index is 1.71. The summed E-state index contributed by atoms with van der Waals surface area (Å²) in [6, 6.07) is 17.6. The Morgan fingerprint density at radius 2 is 1.62 bits per heavy atom. The number of hydrogen-bond acceptors (Lipinski definition) is 3. The van der Waals surface area contributed by atoms with Gasteiger partial charge in [-0.1, -0.05) is 34.1 Å². The maximum atomic E-state index is 13.0. The highest BCUT2D eigenvalue weighted by Gasteiger charge is 2.36. The van der Waals surface area contributed by atoms with Crippen LogP contribution in [-0.4, -0.2) is 22.4 Å². The lowest BCUT2D eigenvalue weighted by Crippen LogP contribution is -2.54. The van der Waals surface area contributed by atoms with E-state index >= 15 is 0 Å². The van der Waals surface area contributed by atoms with Crippen LogP contribution in [0.3, 0.4) is 0 Å². The largest absolute Gasteiger partial charge is 0.335 e. The van der Waals surface area contributed by atoms with Gasteiger partial charge in [-0.15, -0.1) is 0 Å². The van der Waals surface area contributed by atoms with Crippen LogP contribution in [-0.2, 0) is 9.59 Å². The highest BCUT2D eigenvalue weighted by Crippen LogP contribution is 2.24. The smallest absolute Gasteiger partial charge is 0.321 e. The Morgan fingerprint density at radius 1 is 0.931 bits per heavy atom. The number of para-hydroxylation sites is 1. The molecule has 1 aliphatic heterocycles. The van der Waals surface area contributed by atoms with Crippen molar-refractivity contribution in [2.75, 3.05) is 4.90 Å². The number of nitrogens with one attached hydrogen (secondary N) is 1. The summed E-state index contributed by atoms with van der Waals surface area (Å²) in [6.45, 7) is 1.94. The van der Waals surface area contributed by atoms with Gasteiger partial charge >= 0.3 is 6.03 Å². The van der Waals surface area contributed by atoms with Crippen LogP contribution in [0.15, 0.2) is 76.9 Å². The van der Waals surface area contributed by atoms with Crippen molar-refractivity contribution in [3.05, 3.63) is 88.2 Å². The number of aromatic nitrogens is 1. The zero-order valence-electron chi connectivity index (χ0n) is 15.4. The average molecular weight is 450 g/mol. The fourth-order valence-corrected chi connectivity index (χ4v) is 3.46. The predicted molar refractivity (Wildman–Crippen MR) is 114 cm³/mol. The quantitative estimate of drug-likeness (QED) is 0.480. The molecule has 0 saturated carbocycles. The molecule has 1 aliphatic rings. The summed E-state index contributed by atoms with van der Waals surface area (Å²) < 4.78 is 2.78. The number of carbonyl (C=O) groups excluding carboxylic acids is 3. The van der Waals surface area contributed by atoms with Gasteiger partial charge in [0.25, 0.3) is 11.8 Å². The lowest BCUT2D eigenvalue weighted by atomic mass is 10.1. The highest BCUT2D eigenvalue weighted by atomic mass is 79.9. The molecule has 0 atom stereocenters. The zero-order valence-corrected chi connectivity index (χ0v) is 17.0. The molecule has 29 heavy (non-hydrogen) atoms. The number of benzene rings is 2. The summed E-state index contributed by atoms with van der Waals surface area (Å²) in [5.74, 6) is -1.37. The molecule has 1 fully saturated rings. The lowest BCUT2D eigenvalue weighted by Gasteiger charge is -2.26. The molecule has 4 amide bonds. The Labute approximate surface area is 175 Å². The van der Waals surface area contributed by atoms with Crippen LogP contribution >= 0.6 is 15.9 Å². The molecule has 3 aromatic rings. The summed E-state index contributed by atoms with van der Waals surface area (Å²) >= 11 is 3.32. The van der Waals surface area contributed by atoms with Gasteiger partial charge in [0.15, 0.2) is 0 Å². The van der Waals surface area contributed by atoms with Gasteiger partial charge in [-0.2, -0.15) is 0 Å². The summed E-state index contributed by atoms with van der Waals surface area (Å²) in [6.07, 6.45) is 3.35. The number of imide groups is 2. The number of barbiturate groups is 1. The van der Waals surface area contributed by atoms with E-state index in [1.54, 1.807) is 24.3 Å². The molecule has 0 unspecified atom stereocenters. The molecule has 7 heteroatoms. The van der Waals surface area contributed by atoms with Gasteiger partial charge in [0.2, 0.25) is 0 Å². The van der Waals surface area contributed by atoms with Gasteiger partial charge in [-0.3, -0.25) is 14.9 Å². The minimum absolute atomic E-state index is 0.0993. The van der Waals surface area contributed by atoms with Crippen molar-refractivity contribution in [3.63, 3.8) is 0 Å². The van der Waals surface area contributed by atoms with Crippen molar-refractivity contribution in [1.29, 1.82) is 0 Å². The van der Waals surface area contributed by atoms with E-state index < -0.39 is 17.8 Å². The molecule has 6 nitrogen and oxygen atoms in total. The molecule has 0 bridgehead atoms. The average Bonchev–Trinajstić information content (AvgIpc) is 3.07. The van der Waals surface area contributed by atoms with Crippen molar-refractivity contribution in [2.24, 2.45) is 0 Å². The number of rotatable bonds is 3. The molecule has 2 aromatic carbocycles. The third kappa shape index (κ3) is 3.64. The second kappa shape index (κ2) is 7.52. The maximum absolute atomic E-state index is 13.0. The molecule has 2 heterocycles. The van der Waals surface area contributed by atoms with Crippen LogP contribution in [0.2, 0.25) is 0 Å². The van der Waals surface area contributed by atoms with Crippen LogP contribution in [0.4, 0.5) is 10.5 Å². The minimum atomic E-state index is -0.766. The van der Waals surface area contributed by atoms with E-state index in [0.717, 1.165) is 20.8 Å². The summed E-state index contributed by atoms with van der Waals surface area (Å²) in [5, 5.41) is 2.24. The molecule has 1 aromatic heterocycles. The summed E-state index contributed by atoms with van der Waals surface area (Å²) in [5.41, 5.74) is 2.90. The van der Waals surface area contributed by atoms with Crippen LogP contribution in [0, 0.1) is 6.92 Å². The summed E-state index contributed by atoms with van der Waals surface area (Å²) in [7, 11) is 0. The first-order chi connectivity index (χ1) is 13.9. The number of halogens is 1. The number of nitrogens with zero attached hydrogens (tertiary/aromatic N) is 2. The van der Waals surface area contributed by atoms with Crippen LogP contribution in [0.25, 0.3) is 11.8 Å². The molecule has 0 aliphatic carbocycles. The first-order valence-corrected chi connectivity index (χ1v) is 9.65. The molecular weight excluding hydrogens is 434 g/mol. The standard InChI is InChI=1S/C22H16BrN3O3/c1-14-11-15(13-25(14)17-5-3-2-4-6-17)12-19-20(27)24-22(29)26(21(19)28)18-9-7-16(23)8-10-18/h2-13H,1H3,(H,24,27,29)/b19-12-. The fourth-order valence-electron chi connectivity index (χ4n) is 3.19. The lowest BCUT2D eigenvalue weighted by molar-refractivity contribution is -0.122. The van der Waals surface area contributed by atoms with Crippen molar-refractivity contribution < 1.29 is 14.4 Å². The van der Waals surface area contributed by atoms with Crippen molar-refractivity contribution >= 4 is 45.5 Å². The van der Waals surface area contributed by atoms with E-state index in [1.165, 1.54) is 6.08 Å². The minimum Gasteiger partial charge on any atom is -0.321 e. The molecule has 144 valence electrons. The maximum Gasteiger partial charge on any atom is 0.335 e. The van der Waals surface area contributed by atoms with Crippen LogP contribution < -0.4 is 10.2 Å². The normalized spacial score (nSPS) is 15.7. The Kier molecular flexibility index (Phi) is 4.90. The van der Waals surface area contributed by atoms with Crippen molar-refractivity contribution in [3.8, 4) is 5.69 Å². The van der Waals surface area contributed by atoms with E-state index in [2.05, 4.69) is 21.2 Å². The SMILES string of the molecule is Cc1cc(/C=C2/C(=O)NC(=O)N(c3ccc(Br)cc3)C2=O)cn1-c1ccccc1. The first-order valence-electron chi connectivity index (χ1n) is 8.85. The van der Waals surface area contributed by atoms with Crippen LogP contribution in [0.1, 0.15) is 11.3 Å². The van der Waals surface area contributed by atoms with E-state index in [1.807, 2.05) is 54.1 Å². The Morgan fingerprint density at radius 3 is 2.31 bits per heavy atom. The van der Waals surface area contributed by atoms with Crippen LogP contribution in [0.5, 0.6) is 0 Å². The van der Waals surface area contributed by atoms with Gasteiger partial charge in [0.05, 0.1) is 5.69 Å². The molecule has 4 rings (SSSR count). The second-order valence-electron chi connectivity index (χ2n) is 6.55. The molecule has 0 spiro atoms. The topological polar surface area (TPSA) is 71.4 Å². The van der Waals surface area contributed by atoms with E-state index in [-0.39, 0.29) is 5.57 Å². The van der Waals surface area contributed by atoms with E-state index in [9.17, 15) is 14.4 Å². The van der Waals surface area contributed by atoms with Gasteiger partial charge in [-0.05, 0) is 61.0 Å². The Hall–Kier alpha value is -3.45. The van der Waals surface area contributed by atoms with Crippen molar-refractivity contribution in [2.45, 2.75) is 6.92 Å². The first kappa shape index (κ1) is 18.9. The summed E-state index contributed by atoms with van der Waals surface area (Å²) in [4.78, 5) is 38.5. The third-order valence-electron chi connectivity index (χ3n) is 4.57. The third-order valence-corrected chi connectivity index (χ3v) is 5.09. The van der Waals surface area contributed by atoms with Gasteiger partial charge in [0, 0.05) is 22.1 Å². The molecule has 1 N–H and O–H groups in total. The molecule has 0 radical (unpaired) electrons. The number of aryl methyl sites for hydroxylation is 1. The van der Waals surface area contributed by atoms with Gasteiger partial charge in [-0.25, -0.2) is 9.69 Å². The number of carbonyl (C=O) groups is 3. The number of urea groups is 1. The fraction of sp³-hybridized carbons (Fsp3) is 0.0455. The second-order valence-corrected chi connectivity index (χ2v) is 7.47. The predicted octanol–water partition coefficient (Wildman–Crippen LogP) is 4.21. The Bertz CT molecular complexity index is 1150. The van der Waals surface area contributed by atoms with E-state index in [0.29, 0.717) is 11.3 Å². The van der Waals surface area contributed by atoms with Gasteiger partial charge in [0.1, 0.15) is 5.57 Å². The molecule has 1 saturated heterocycles. The zero-order chi connectivity index (χ0) is 20.5. The van der Waals surface area contributed by atoms with Gasteiger partial charge < -0.3 is 4.57 Å². The number of anilines is 1. The van der Waals surface area contributed by atoms with E-state index in [4.69, 9.17) is 0 Å². The molecular formula is C22H16BrN3O3. The van der Waals surface area contributed by atoms with Crippen molar-refractivity contribution in [1.82, 2.24) is 9.88 Å². The number of hydrogen-bond donors (Lipinski definition) is 1. The highest BCUT2D eigenvalue weighted by molar-refractivity contribution is 9.10. The number of amides is 4.